The van der Waals surface area contributed by atoms with E-state index in [1.807, 2.05) is 0 Å². The molecule has 0 bridgehead atoms. The minimum absolute atomic E-state index is 0.0702. The van der Waals surface area contributed by atoms with Crippen molar-refractivity contribution < 1.29 is 24.6 Å². The van der Waals surface area contributed by atoms with Crippen LogP contribution in [0.15, 0.2) is 18.2 Å². The van der Waals surface area contributed by atoms with Gasteiger partial charge in [-0.1, -0.05) is 20.8 Å². The fraction of sp³-hybridized carbons (Fsp3) is 0.308. The number of hydrogen-bond donors (Lipinski definition) is 1. The minimum Gasteiger partial charge on any atom is -0.545 e. The lowest BCUT2D eigenvalue weighted by molar-refractivity contribution is -0.255. The van der Waals surface area contributed by atoms with Gasteiger partial charge in [0.2, 0.25) is 5.91 Å². The molecule has 0 atom stereocenters. The second-order valence-corrected chi connectivity index (χ2v) is 5.08. The standard InChI is InChI=1S/C13H15NO5/c1-13(2,3)12(19)14-9-5-7(10(15)16)4-8(6-9)11(17)18/h4-6H,1-3H3,(H,14,19)(H,15,16)(H,17,18)/p-2. The fourth-order valence-electron chi connectivity index (χ4n) is 1.25. The van der Waals surface area contributed by atoms with Crippen molar-refractivity contribution in [3.63, 3.8) is 0 Å². The molecule has 0 unspecified atom stereocenters. The van der Waals surface area contributed by atoms with E-state index >= 15 is 0 Å². The summed E-state index contributed by atoms with van der Waals surface area (Å²) in [5.41, 5.74) is -1.31. The Morgan fingerprint density at radius 3 is 1.68 bits per heavy atom. The monoisotopic (exact) mass is 263 g/mol. The average Bonchev–Trinajstić information content (AvgIpc) is 2.27. The van der Waals surface area contributed by atoms with Gasteiger partial charge in [0.1, 0.15) is 0 Å². The molecule has 0 aliphatic rings. The molecule has 0 aromatic heterocycles. The first-order chi connectivity index (χ1) is 8.61. The van der Waals surface area contributed by atoms with Crippen LogP contribution >= 0.6 is 0 Å². The molecule has 0 aliphatic carbocycles. The summed E-state index contributed by atoms with van der Waals surface area (Å²) in [5, 5.41) is 24.0. The molecule has 0 aliphatic heterocycles. The van der Waals surface area contributed by atoms with Crippen LogP contribution in [0.1, 0.15) is 41.5 Å². The topological polar surface area (TPSA) is 109 Å². The van der Waals surface area contributed by atoms with Gasteiger partial charge in [-0.3, -0.25) is 4.79 Å². The summed E-state index contributed by atoms with van der Waals surface area (Å²) in [4.78, 5) is 33.3. The number of aromatic carboxylic acids is 2. The van der Waals surface area contributed by atoms with Crippen LogP contribution in [0.4, 0.5) is 5.69 Å². The van der Waals surface area contributed by atoms with E-state index in [2.05, 4.69) is 5.32 Å². The molecule has 1 rings (SSSR count). The predicted octanol–water partition coefficient (Wildman–Crippen LogP) is -0.602. The number of amides is 1. The van der Waals surface area contributed by atoms with Crippen molar-refractivity contribution >= 4 is 23.5 Å². The molecule has 0 heterocycles. The lowest BCUT2D eigenvalue weighted by Crippen LogP contribution is -2.29. The molecule has 1 N–H and O–H groups in total. The van der Waals surface area contributed by atoms with E-state index in [-0.39, 0.29) is 22.7 Å². The fourth-order valence-corrected chi connectivity index (χ4v) is 1.25. The van der Waals surface area contributed by atoms with E-state index in [0.717, 1.165) is 18.2 Å². The van der Waals surface area contributed by atoms with Crippen molar-refractivity contribution in [3.8, 4) is 0 Å². The van der Waals surface area contributed by atoms with Crippen LogP contribution in [0.3, 0.4) is 0 Å². The summed E-state index contributed by atoms with van der Waals surface area (Å²) in [6, 6.07) is 3.17. The van der Waals surface area contributed by atoms with E-state index in [0.29, 0.717) is 0 Å². The van der Waals surface area contributed by atoms with E-state index in [9.17, 15) is 24.6 Å². The Hall–Kier alpha value is -2.37. The van der Waals surface area contributed by atoms with Crippen molar-refractivity contribution in [1.82, 2.24) is 0 Å². The SMILES string of the molecule is CC(C)(C)C(=O)Nc1cc(C(=O)[O-])cc(C(=O)[O-])c1. The van der Waals surface area contributed by atoms with E-state index in [1.165, 1.54) is 0 Å². The van der Waals surface area contributed by atoms with E-state index < -0.39 is 17.4 Å². The molecular formula is C13H13NO5-2. The summed E-state index contributed by atoms with van der Waals surface area (Å²) in [7, 11) is 0. The van der Waals surface area contributed by atoms with E-state index in [4.69, 9.17) is 0 Å². The zero-order chi connectivity index (χ0) is 14.8. The Morgan fingerprint density at radius 1 is 0.947 bits per heavy atom. The van der Waals surface area contributed by atoms with Gasteiger partial charge in [0.25, 0.3) is 0 Å². The first-order valence-electron chi connectivity index (χ1n) is 5.50. The third-order valence-electron chi connectivity index (χ3n) is 2.34. The van der Waals surface area contributed by atoms with Crippen LogP contribution in [0.5, 0.6) is 0 Å². The van der Waals surface area contributed by atoms with Crippen molar-refractivity contribution in [3.05, 3.63) is 29.3 Å². The van der Waals surface area contributed by atoms with Gasteiger partial charge in [0, 0.05) is 11.1 Å². The van der Waals surface area contributed by atoms with Crippen molar-refractivity contribution in [2.45, 2.75) is 20.8 Å². The lowest BCUT2D eigenvalue weighted by Gasteiger charge is -2.19. The normalized spacial score (nSPS) is 10.9. The molecule has 0 fully saturated rings. The number of carboxylic acids is 2. The van der Waals surface area contributed by atoms with Gasteiger partial charge in [-0.05, 0) is 29.3 Å². The number of anilines is 1. The maximum absolute atomic E-state index is 11.8. The molecule has 6 nitrogen and oxygen atoms in total. The van der Waals surface area contributed by atoms with E-state index in [1.54, 1.807) is 20.8 Å². The molecule has 102 valence electrons. The zero-order valence-corrected chi connectivity index (χ0v) is 10.8. The van der Waals surface area contributed by atoms with Gasteiger partial charge >= 0.3 is 0 Å². The van der Waals surface area contributed by atoms with Crippen LogP contribution in [-0.2, 0) is 4.79 Å². The number of carboxylic acid groups (broad SMARTS) is 2. The van der Waals surface area contributed by atoms with Gasteiger partial charge in [-0.15, -0.1) is 0 Å². The van der Waals surface area contributed by atoms with Crippen molar-refractivity contribution in [1.29, 1.82) is 0 Å². The Kier molecular flexibility index (Phi) is 3.94. The average molecular weight is 263 g/mol. The molecule has 0 radical (unpaired) electrons. The Balaban J connectivity index is 3.17. The van der Waals surface area contributed by atoms with Crippen molar-refractivity contribution in [2.24, 2.45) is 5.41 Å². The highest BCUT2D eigenvalue weighted by molar-refractivity contribution is 5.99. The second kappa shape index (κ2) is 5.09. The summed E-state index contributed by atoms with van der Waals surface area (Å²) >= 11 is 0. The predicted molar refractivity (Wildman–Crippen MR) is 63.2 cm³/mol. The first kappa shape index (κ1) is 14.7. The molecular weight excluding hydrogens is 250 g/mol. The molecule has 0 saturated carbocycles. The number of carbonyl (C=O) groups is 3. The molecule has 0 spiro atoms. The van der Waals surface area contributed by atoms with Gasteiger partial charge < -0.3 is 25.1 Å². The number of nitrogens with one attached hydrogen (secondary N) is 1. The van der Waals surface area contributed by atoms with Gasteiger partial charge in [0.15, 0.2) is 0 Å². The van der Waals surface area contributed by atoms with Gasteiger partial charge in [-0.2, -0.15) is 0 Å². The third kappa shape index (κ3) is 3.80. The molecule has 1 aromatic carbocycles. The van der Waals surface area contributed by atoms with Crippen LogP contribution < -0.4 is 15.5 Å². The molecule has 0 saturated heterocycles. The van der Waals surface area contributed by atoms with Crippen LogP contribution in [0.2, 0.25) is 0 Å². The number of hydrogen-bond acceptors (Lipinski definition) is 5. The maximum Gasteiger partial charge on any atom is 0.229 e. The lowest BCUT2D eigenvalue weighted by atomic mass is 9.95. The van der Waals surface area contributed by atoms with Crippen LogP contribution in [0.25, 0.3) is 0 Å². The molecule has 6 heteroatoms. The largest absolute Gasteiger partial charge is 0.545 e. The molecule has 1 aromatic rings. The van der Waals surface area contributed by atoms with Crippen molar-refractivity contribution in [2.75, 3.05) is 5.32 Å². The molecule has 19 heavy (non-hydrogen) atoms. The summed E-state index contributed by atoms with van der Waals surface area (Å²) in [6.07, 6.45) is 0. The summed E-state index contributed by atoms with van der Waals surface area (Å²) < 4.78 is 0. The Morgan fingerprint density at radius 2 is 1.37 bits per heavy atom. The Bertz CT molecular complexity index is 510. The number of rotatable bonds is 3. The highest BCUT2D eigenvalue weighted by Crippen LogP contribution is 2.19. The van der Waals surface area contributed by atoms with Gasteiger partial charge in [-0.25, -0.2) is 0 Å². The van der Waals surface area contributed by atoms with Gasteiger partial charge in [0.05, 0.1) is 11.9 Å². The molecule has 1 amide bonds. The highest BCUT2D eigenvalue weighted by atomic mass is 16.4. The Labute approximate surface area is 110 Å². The van der Waals surface area contributed by atoms with Crippen LogP contribution in [0, 0.1) is 5.41 Å². The third-order valence-corrected chi connectivity index (χ3v) is 2.34. The summed E-state index contributed by atoms with van der Waals surface area (Å²) in [6.45, 7) is 5.01. The van der Waals surface area contributed by atoms with Crippen LogP contribution in [-0.4, -0.2) is 17.8 Å². The minimum atomic E-state index is -1.53. The summed E-state index contributed by atoms with van der Waals surface area (Å²) in [5.74, 6) is -3.43. The second-order valence-electron chi connectivity index (χ2n) is 5.08. The smallest absolute Gasteiger partial charge is 0.229 e. The highest BCUT2D eigenvalue weighted by Gasteiger charge is 2.21. The number of benzene rings is 1. The quantitative estimate of drug-likeness (QED) is 0.783. The number of carbonyl (C=O) groups excluding carboxylic acids is 3. The maximum atomic E-state index is 11.8. The zero-order valence-electron chi connectivity index (χ0n) is 10.8. The first-order valence-corrected chi connectivity index (χ1v) is 5.50.